The number of nitrogens with two attached hydrogens (primary N) is 1. The maximum atomic E-state index is 12.8. The molecule has 3 heteroatoms. The molecule has 3 nitrogen and oxygen atoms in total. The third-order valence-corrected chi connectivity index (χ3v) is 3.73. The highest BCUT2D eigenvalue weighted by Gasteiger charge is 2.23. The number of hydrogen-bond donors (Lipinski definition) is 1. The molecule has 0 aliphatic carbocycles. The van der Waals surface area contributed by atoms with Crippen LogP contribution in [0.2, 0.25) is 0 Å². The molecule has 0 spiro atoms. The average Bonchev–Trinajstić information content (AvgIpc) is 2.41. The van der Waals surface area contributed by atoms with Crippen LogP contribution in [0.4, 0.5) is 5.69 Å². The molecule has 112 valence electrons. The van der Waals surface area contributed by atoms with Crippen molar-refractivity contribution in [1.29, 1.82) is 0 Å². The summed E-state index contributed by atoms with van der Waals surface area (Å²) in [6, 6.07) is 5.90. The molecule has 1 aromatic rings. The Morgan fingerprint density at radius 1 is 1.25 bits per heavy atom. The number of carbonyl (C=O) groups is 1. The van der Waals surface area contributed by atoms with Crippen molar-refractivity contribution in [3.8, 4) is 0 Å². The van der Waals surface area contributed by atoms with E-state index in [-0.39, 0.29) is 5.91 Å². The molecule has 2 N–H and O–H groups in total. The quantitative estimate of drug-likeness (QED) is 0.802. The summed E-state index contributed by atoms with van der Waals surface area (Å²) >= 11 is 0. The van der Waals surface area contributed by atoms with Gasteiger partial charge in [0.05, 0.1) is 0 Å². The summed E-state index contributed by atoms with van der Waals surface area (Å²) in [5.41, 5.74) is 8.32. The van der Waals surface area contributed by atoms with Gasteiger partial charge >= 0.3 is 0 Å². The average molecular weight is 276 g/mol. The second-order valence-electron chi connectivity index (χ2n) is 5.89. The van der Waals surface area contributed by atoms with Gasteiger partial charge in [0, 0.05) is 23.8 Å². The summed E-state index contributed by atoms with van der Waals surface area (Å²) in [5, 5.41) is 0. The van der Waals surface area contributed by atoms with Crippen LogP contribution in [0.1, 0.15) is 56.5 Å². The standard InChI is InChI=1S/C17H28N2O/c1-6-15(7-2)19(11-12(3)4)17(20)14-9-8-13(5)16(18)10-14/h8-10,12,15H,6-7,11,18H2,1-5H3. The summed E-state index contributed by atoms with van der Waals surface area (Å²) in [6.45, 7) is 11.3. The summed E-state index contributed by atoms with van der Waals surface area (Å²) < 4.78 is 0. The van der Waals surface area contributed by atoms with Gasteiger partial charge in [-0.3, -0.25) is 4.79 Å². The van der Waals surface area contributed by atoms with Gasteiger partial charge in [-0.1, -0.05) is 33.8 Å². The smallest absolute Gasteiger partial charge is 0.254 e. The van der Waals surface area contributed by atoms with Crippen LogP contribution in [0.5, 0.6) is 0 Å². The van der Waals surface area contributed by atoms with Crippen LogP contribution in [0.15, 0.2) is 18.2 Å². The molecule has 0 unspecified atom stereocenters. The number of carbonyl (C=O) groups excluding carboxylic acids is 1. The van der Waals surface area contributed by atoms with Crippen LogP contribution in [-0.4, -0.2) is 23.4 Å². The number of nitrogen functional groups attached to an aromatic ring is 1. The molecule has 0 saturated heterocycles. The third-order valence-electron chi connectivity index (χ3n) is 3.73. The van der Waals surface area contributed by atoms with Crippen molar-refractivity contribution in [3.05, 3.63) is 29.3 Å². The Bertz CT molecular complexity index is 450. The molecule has 20 heavy (non-hydrogen) atoms. The van der Waals surface area contributed by atoms with Crippen LogP contribution in [0, 0.1) is 12.8 Å². The van der Waals surface area contributed by atoms with E-state index in [1.165, 1.54) is 0 Å². The minimum atomic E-state index is 0.0964. The number of amides is 1. The summed E-state index contributed by atoms with van der Waals surface area (Å²) in [4.78, 5) is 14.8. The SMILES string of the molecule is CCC(CC)N(CC(C)C)C(=O)c1ccc(C)c(N)c1. The number of rotatable bonds is 6. The largest absolute Gasteiger partial charge is 0.398 e. The lowest BCUT2D eigenvalue weighted by Gasteiger charge is -2.32. The monoisotopic (exact) mass is 276 g/mol. The second-order valence-corrected chi connectivity index (χ2v) is 5.89. The zero-order chi connectivity index (χ0) is 15.3. The fourth-order valence-electron chi connectivity index (χ4n) is 2.46. The fourth-order valence-corrected chi connectivity index (χ4v) is 2.46. The van der Waals surface area contributed by atoms with E-state index in [0.717, 1.165) is 24.9 Å². The first-order chi connectivity index (χ1) is 9.40. The fraction of sp³-hybridized carbons (Fsp3) is 0.588. The lowest BCUT2D eigenvalue weighted by molar-refractivity contribution is 0.0640. The van der Waals surface area contributed by atoms with Crippen LogP contribution in [-0.2, 0) is 0 Å². The van der Waals surface area contributed by atoms with Gasteiger partial charge in [0.2, 0.25) is 0 Å². The first kappa shape index (κ1) is 16.5. The van der Waals surface area contributed by atoms with E-state index in [1.807, 2.05) is 24.0 Å². The lowest BCUT2D eigenvalue weighted by Crippen LogP contribution is -2.42. The van der Waals surface area contributed by atoms with Gasteiger partial charge in [-0.25, -0.2) is 0 Å². The number of nitrogens with zero attached hydrogens (tertiary/aromatic N) is 1. The van der Waals surface area contributed by atoms with Gasteiger partial charge in [-0.15, -0.1) is 0 Å². The van der Waals surface area contributed by atoms with E-state index in [9.17, 15) is 4.79 Å². The Morgan fingerprint density at radius 2 is 1.85 bits per heavy atom. The highest BCUT2D eigenvalue weighted by Crippen LogP contribution is 2.19. The van der Waals surface area contributed by atoms with Gasteiger partial charge < -0.3 is 10.6 Å². The van der Waals surface area contributed by atoms with Crippen molar-refractivity contribution in [2.24, 2.45) is 5.92 Å². The molecule has 0 bridgehead atoms. The van der Waals surface area contributed by atoms with Crippen LogP contribution in [0.25, 0.3) is 0 Å². The summed E-state index contributed by atoms with van der Waals surface area (Å²) in [6.07, 6.45) is 1.96. The predicted molar refractivity (Wildman–Crippen MR) is 85.8 cm³/mol. The van der Waals surface area contributed by atoms with Gasteiger partial charge in [0.15, 0.2) is 0 Å². The molecule has 0 aliphatic rings. The third kappa shape index (κ3) is 3.99. The topological polar surface area (TPSA) is 46.3 Å². The van der Waals surface area contributed by atoms with Crippen molar-refractivity contribution in [1.82, 2.24) is 4.90 Å². The van der Waals surface area contributed by atoms with E-state index in [2.05, 4.69) is 27.7 Å². The first-order valence-electron chi connectivity index (χ1n) is 7.57. The molecule has 0 aliphatic heterocycles. The molecule has 0 radical (unpaired) electrons. The highest BCUT2D eigenvalue weighted by atomic mass is 16.2. The van der Waals surface area contributed by atoms with Crippen molar-refractivity contribution in [3.63, 3.8) is 0 Å². The van der Waals surface area contributed by atoms with Gasteiger partial charge in [-0.2, -0.15) is 0 Å². The van der Waals surface area contributed by atoms with Crippen molar-refractivity contribution >= 4 is 11.6 Å². The molecule has 0 aromatic heterocycles. The Labute approximate surface area is 123 Å². The van der Waals surface area contributed by atoms with E-state index in [4.69, 9.17) is 5.73 Å². The van der Waals surface area contributed by atoms with E-state index in [0.29, 0.717) is 23.2 Å². The Kier molecular flexibility index (Phi) is 6.05. The zero-order valence-corrected chi connectivity index (χ0v) is 13.4. The maximum Gasteiger partial charge on any atom is 0.254 e. The minimum absolute atomic E-state index is 0.0964. The first-order valence-corrected chi connectivity index (χ1v) is 7.57. The Balaban J connectivity index is 3.05. The molecule has 0 atom stereocenters. The summed E-state index contributed by atoms with van der Waals surface area (Å²) in [7, 11) is 0. The van der Waals surface area contributed by atoms with Gasteiger partial charge in [0.1, 0.15) is 0 Å². The Morgan fingerprint density at radius 3 is 2.30 bits per heavy atom. The van der Waals surface area contributed by atoms with Crippen LogP contribution < -0.4 is 5.73 Å². The van der Waals surface area contributed by atoms with E-state index < -0.39 is 0 Å². The highest BCUT2D eigenvalue weighted by molar-refractivity contribution is 5.95. The van der Waals surface area contributed by atoms with Crippen LogP contribution in [0.3, 0.4) is 0 Å². The predicted octanol–water partition coefficient (Wildman–Crippen LogP) is 3.86. The van der Waals surface area contributed by atoms with Crippen molar-refractivity contribution in [2.45, 2.75) is 53.5 Å². The molecular formula is C17H28N2O. The number of aryl methyl sites for hydroxylation is 1. The number of anilines is 1. The molecule has 1 amide bonds. The van der Waals surface area contributed by atoms with Crippen LogP contribution >= 0.6 is 0 Å². The number of benzene rings is 1. The molecule has 0 fully saturated rings. The minimum Gasteiger partial charge on any atom is -0.398 e. The molecule has 1 aromatic carbocycles. The normalized spacial score (nSPS) is 11.2. The van der Waals surface area contributed by atoms with Gasteiger partial charge in [-0.05, 0) is 43.4 Å². The van der Waals surface area contributed by atoms with Crippen molar-refractivity contribution < 1.29 is 4.79 Å². The second kappa shape index (κ2) is 7.32. The van der Waals surface area contributed by atoms with E-state index in [1.54, 1.807) is 6.07 Å². The summed E-state index contributed by atoms with van der Waals surface area (Å²) in [5.74, 6) is 0.557. The molecule has 1 rings (SSSR count). The molecular weight excluding hydrogens is 248 g/mol. The molecule has 0 heterocycles. The van der Waals surface area contributed by atoms with E-state index >= 15 is 0 Å². The maximum absolute atomic E-state index is 12.8. The van der Waals surface area contributed by atoms with Crippen molar-refractivity contribution in [2.75, 3.05) is 12.3 Å². The lowest BCUT2D eigenvalue weighted by atomic mass is 10.0. The number of hydrogen-bond acceptors (Lipinski definition) is 2. The molecule has 0 saturated carbocycles. The van der Waals surface area contributed by atoms with Gasteiger partial charge in [0.25, 0.3) is 5.91 Å². The zero-order valence-electron chi connectivity index (χ0n) is 13.4. The Hall–Kier alpha value is -1.51.